The van der Waals surface area contributed by atoms with E-state index in [4.69, 9.17) is 0 Å². The minimum atomic E-state index is -0.0471. The van der Waals surface area contributed by atoms with Gasteiger partial charge in [-0.25, -0.2) is 0 Å². The zero-order chi connectivity index (χ0) is 7.82. The Morgan fingerprint density at radius 3 is 2.60 bits per heavy atom. The van der Waals surface area contributed by atoms with E-state index in [2.05, 4.69) is 30.2 Å². The molecule has 4 heteroatoms. The molecule has 0 heterocycles. The number of amides is 1. The summed E-state index contributed by atoms with van der Waals surface area (Å²) >= 11 is 8.39. The molecule has 10 heavy (non-hydrogen) atoms. The minimum absolute atomic E-state index is 0.0471. The lowest BCUT2D eigenvalue weighted by atomic mass is 10.2. The van der Waals surface area contributed by atoms with Crippen LogP contribution < -0.4 is 4.72 Å². The zero-order valence-electron chi connectivity index (χ0n) is 5.80. The fourth-order valence-corrected chi connectivity index (χ4v) is 0.951. The molecule has 0 aromatic heterocycles. The van der Waals surface area contributed by atoms with Crippen molar-refractivity contribution in [2.45, 2.75) is 25.7 Å². The van der Waals surface area contributed by atoms with Gasteiger partial charge in [0.2, 0.25) is 0 Å². The van der Waals surface area contributed by atoms with Crippen LogP contribution in [0.15, 0.2) is 0 Å². The van der Waals surface area contributed by atoms with Crippen LogP contribution in [0.5, 0.6) is 0 Å². The van der Waals surface area contributed by atoms with Gasteiger partial charge in [0.05, 0.1) is 0 Å². The molecule has 0 radical (unpaired) electrons. The second-order valence-corrected chi connectivity index (χ2v) is 2.71. The van der Waals surface area contributed by atoms with Crippen LogP contribution in [0.25, 0.3) is 0 Å². The van der Waals surface area contributed by atoms with E-state index in [1.165, 1.54) is 0 Å². The molecule has 1 amide bonds. The van der Waals surface area contributed by atoms with Crippen molar-refractivity contribution in [3.05, 3.63) is 0 Å². The highest BCUT2D eigenvalue weighted by atomic mass is 32.1. The maximum Gasteiger partial charge on any atom is 0.198 e. The maximum atomic E-state index is 10.5. The Balaban J connectivity index is 2.96. The first-order valence-electron chi connectivity index (χ1n) is 3.33. The van der Waals surface area contributed by atoms with Gasteiger partial charge >= 0.3 is 0 Å². The normalized spacial score (nSPS) is 9.40. The van der Waals surface area contributed by atoms with Gasteiger partial charge in [0.15, 0.2) is 5.91 Å². The molecule has 0 aliphatic heterocycles. The number of nitrogens with one attached hydrogen (secondary N) is 1. The quantitative estimate of drug-likeness (QED) is 0.374. The summed E-state index contributed by atoms with van der Waals surface area (Å²) in [6.07, 6.45) is 3.61. The molecule has 0 spiro atoms. The molecule has 0 aromatic carbocycles. The van der Waals surface area contributed by atoms with E-state index in [1.807, 2.05) is 0 Å². The van der Waals surface area contributed by atoms with Crippen LogP contribution in [0.1, 0.15) is 25.7 Å². The molecule has 0 bridgehead atoms. The van der Waals surface area contributed by atoms with Crippen LogP contribution in [-0.4, -0.2) is 11.7 Å². The van der Waals surface area contributed by atoms with E-state index in [1.54, 1.807) is 0 Å². The fourth-order valence-electron chi connectivity index (χ4n) is 0.625. The number of rotatable bonds is 5. The Bertz CT molecular complexity index is 97.7. The van der Waals surface area contributed by atoms with Gasteiger partial charge in [-0.1, -0.05) is 6.42 Å². The first kappa shape index (κ1) is 10.2. The zero-order valence-corrected chi connectivity index (χ0v) is 7.51. The molecule has 60 valence electrons. The molecule has 0 unspecified atom stereocenters. The molecular weight excluding hydrogens is 166 g/mol. The Labute approximate surface area is 72.7 Å². The predicted octanol–water partition coefficient (Wildman–Crippen LogP) is 1.05. The number of hydrogen-bond acceptors (Lipinski definition) is 3. The van der Waals surface area contributed by atoms with Gasteiger partial charge in [-0.3, -0.25) is 4.79 Å². The highest BCUT2D eigenvalue weighted by Crippen LogP contribution is 1.99. The van der Waals surface area contributed by atoms with Crippen LogP contribution in [0.3, 0.4) is 0 Å². The number of thiol groups is 1. The van der Waals surface area contributed by atoms with Gasteiger partial charge in [0.25, 0.3) is 0 Å². The molecule has 0 aliphatic carbocycles. The van der Waals surface area contributed by atoms with Gasteiger partial charge < -0.3 is 17.5 Å². The highest BCUT2D eigenvalue weighted by molar-refractivity contribution is 7.80. The highest BCUT2D eigenvalue weighted by Gasteiger charge is 1.92. The third-order valence-electron chi connectivity index (χ3n) is 1.18. The number of hydrogen-bond donors (Lipinski definition) is 2. The molecular formula is C6H12NOS2-. The van der Waals surface area contributed by atoms with Crippen LogP contribution in [0, 0.1) is 0 Å². The molecule has 1 N–H and O–H groups in total. The summed E-state index contributed by atoms with van der Waals surface area (Å²) in [4.78, 5) is 10.5. The summed E-state index contributed by atoms with van der Waals surface area (Å²) in [6, 6.07) is 0. The van der Waals surface area contributed by atoms with E-state index in [9.17, 15) is 4.79 Å². The minimum Gasteiger partial charge on any atom is -0.668 e. The van der Waals surface area contributed by atoms with Crippen LogP contribution >= 0.6 is 12.6 Å². The number of carbonyl (C=O) groups is 1. The largest absolute Gasteiger partial charge is 0.668 e. The fraction of sp³-hybridized carbons (Fsp3) is 0.833. The van der Waals surface area contributed by atoms with Crippen LogP contribution in [0.4, 0.5) is 0 Å². The summed E-state index contributed by atoms with van der Waals surface area (Å²) in [6.45, 7) is 0. The lowest BCUT2D eigenvalue weighted by molar-refractivity contribution is -0.119. The number of carbonyl (C=O) groups excluding carboxylic acids is 1. The average molecular weight is 178 g/mol. The molecule has 0 aromatic rings. The Morgan fingerprint density at radius 2 is 2.10 bits per heavy atom. The smallest absolute Gasteiger partial charge is 0.198 e. The van der Waals surface area contributed by atoms with Crippen molar-refractivity contribution in [3.8, 4) is 0 Å². The first-order valence-corrected chi connectivity index (χ1v) is 4.37. The van der Waals surface area contributed by atoms with Crippen LogP contribution in [0.2, 0.25) is 0 Å². The molecule has 0 aliphatic rings. The van der Waals surface area contributed by atoms with E-state index >= 15 is 0 Å². The Hall–Kier alpha value is 0.170. The van der Waals surface area contributed by atoms with Gasteiger partial charge in [-0.05, 0) is 18.6 Å². The molecule has 0 fully saturated rings. The van der Waals surface area contributed by atoms with Gasteiger partial charge in [-0.15, -0.1) is 0 Å². The average Bonchev–Trinajstić information content (AvgIpc) is 1.98. The van der Waals surface area contributed by atoms with Crippen molar-refractivity contribution < 1.29 is 4.79 Å². The summed E-state index contributed by atoms with van der Waals surface area (Å²) in [7, 11) is 0. The summed E-state index contributed by atoms with van der Waals surface area (Å²) < 4.78 is 2.17. The van der Waals surface area contributed by atoms with E-state index in [0.29, 0.717) is 6.42 Å². The summed E-state index contributed by atoms with van der Waals surface area (Å²) in [5.74, 6) is 0.851. The predicted molar refractivity (Wildman–Crippen MR) is 47.8 cm³/mol. The van der Waals surface area contributed by atoms with Gasteiger partial charge in [0, 0.05) is 6.42 Å². The first-order chi connectivity index (χ1) is 4.81. The maximum absolute atomic E-state index is 10.5. The van der Waals surface area contributed by atoms with Crippen molar-refractivity contribution in [1.29, 1.82) is 0 Å². The standard InChI is InChI=1S/C6H12NOS2/c8-6(7-10)4-2-1-3-5-9/h1-5H2,(H2-,7,8,9,10)/q-1. The molecule has 0 saturated heterocycles. The van der Waals surface area contributed by atoms with Crippen LogP contribution in [-0.2, 0) is 17.6 Å². The van der Waals surface area contributed by atoms with Crippen molar-refractivity contribution in [2.24, 2.45) is 0 Å². The lowest BCUT2D eigenvalue weighted by Crippen LogP contribution is -2.15. The molecule has 0 atom stereocenters. The van der Waals surface area contributed by atoms with Crippen molar-refractivity contribution in [2.75, 3.05) is 5.75 Å². The third-order valence-corrected chi connectivity index (χ3v) is 1.72. The monoisotopic (exact) mass is 178 g/mol. The third kappa shape index (κ3) is 6.29. The second-order valence-electron chi connectivity index (χ2n) is 2.06. The van der Waals surface area contributed by atoms with Gasteiger partial charge in [-0.2, -0.15) is 12.6 Å². The SMILES string of the molecule is O=C(CCCCCS)N[S-]. The molecule has 0 rings (SSSR count). The van der Waals surface area contributed by atoms with E-state index < -0.39 is 0 Å². The Morgan fingerprint density at radius 1 is 1.40 bits per heavy atom. The molecule has 0 saturated carbocycles. The Kier molecular flexibility index (Phi) is 7.40. The second kappa shape index (κ2) is 7.28. The topological polar surface area (TPSA) is 29.1 Å². The number of unbranched alkanes of at least 4 members (excludes halogenated alkanes) is 2. The van der Waals surface area contributed by atoms with Crippen molar-refractivity contribution in [1.82, 2.24) is 4.72 Å². The van der Waals surface area contributed by atoms with Crippen molar-refractivity contribution >= 4 is 31.4 Å². The summed E-state index contributed by atoms with van der Waals surface area (Å²) in [5, 5.41) is 0. The van der Waals surface area contributed by atoms with Gasteiger partial charge in [0.1, 0.15) is 0 Å². The van der Waals surface area contributed by atoms with E-state index in [-0.39, 0.29) is 5.91 Å². The van der Waals surface area contributed by atoms with Crippen molar-refractivity contribution in [3.63, 3.8) is 0 Å². The molecule has 2 nitrogen and oxygen atoms in total. The van der Waals surface area contributed by atoms with E-state index in [0.717, 1.165) is 25.0 Å². The summed E-state index contributed by atoms with van der Waals surface area (Å²) in [5.41, 5.74) is 0. The lowest BCUT2D eigenvalue weighted by Gasteiger charge is -2.06.